The molecule has 0 rings (SSSR count). The van der Waals surface area contributed by atoms with E-state index >= 15 is 0 Å². The van der Waals surface area contributed by atoms with Crippen LogP contribution in [0.4, 0.5) is 0 Å². The van der Waals surface area contributed by atoms with Gasteiger partial charge in [0.25, 0.3) is 0 Å². The first-order chi connectivity index (χ1) is 3.42. The molecule has 8 heavy (non-hydrogen) atoms. The van der Waals surface area contributed by atoms with Crippen molar-refractivity contribution in [3.63, 3.8) is 0 Å². The van der Waals surface area contributed by atoms with E-state index in [1.54, 1.807) is 0 Å². The molecule has 0 heterocycles. The van der Waals surface area contributed by atoms with Gasteiger partial charge in [-0.05, 0) is 20.8 Å². The standard InChI is InChI=1S/C4H12N2OSi/c1-4(2,3)5-6(7)8/h1-3,8H3. The second-order valence-electron chi connectivity index (χ2n) is 2.74. The molecule has 0 aliphatic rings. The third-order valence-electron chi connectivity index (χ3n) is 0.441. The first-order valence-electron chi connectivity index (χ1n) is 2.55. The van der Waals surface area contributed by atoms with E-state index in [0.717, 1.165) is 4.53 Å². The quantitative estimate of drug-likeness (QED) is 0.260. The van der Waals surface area contributed by atoms with Gasteiger partial charge in [0.15, 0.2) is 0 Å². The van der Waals surface area contributed by atoms with Gasteiger partial charge in [0.05, 0.1) is 0 Å². The van der Waals surface area contributed by atoms with Crippen molar-refractivity contribution < 1.29 is 4.53 Å². The average molecular weight is 132 g/mol. The summed E-state index contributed by atoms with van der Waals surface area (Å²) in [5.41, 5.74) is -0.205. The van der Waals surface area contributed by atoms with Gasteiger partial charge in [-0.15, -0.1) is 0 Å². The predicted octanol–water partition coefficient (Wildman–Crippen LogP) is 0.0278. The van der Waals surface area contributed by atoms with Crippen molar-refractivity contribution in [3.05, 3.63) is 5.21 Å². The summed E-state index contributed by atoms with van der Waals surface area (Å²) in [5, 5.41) is 14.0. The van der Waals surface area contributed by atoms with Gasteiger partial charge in [0.1, 0.15) is 5.54 Å². The van der Waals surface area contributed by atoms with E-state index < -0.39 is 0 Å². The van der Waals surface area contributed by atoms with Crippen molar-refractivity contribution in [2.45, 2.75) is 26.3 Å². The largest absolute Gasteiger partial charge is 0.622 e. The van der Waals surface area contributed by atoms with Crippen LogP contribution in [0.1, 0.15) is 20.8 Å². The van der Waals surface area contributed by atoms with E-state index in [0.29, 0.717) is 10.4 Å². The Morgan fingerprint density at radius 2 is 1.88 bits per heavy atom. The highest BCUT2D eigenvalue weighted by Crippen LogP contribution is 2.04. The smallest absolute Gasteiger partial charge is 0.354 e. The first-order valence-corrected chi connectivity index (χ1v) is 3.45. The third kappa shape index (κ3) is 5.62. The summed E-state index contributed by atoms with van der Waals surface area (Å²) >= 11 is 0. The van der Waals surface area contributed by atoms with E-state index in [2.05, 4.69) is 5.11 Å². The topological polar surface area (TPSA) is 38.4 Å². The highest BCUT2D eigenvalue weighted by Gasteiger charge is 2.09. The zero-order valence-corrected chi connectivity index (χ0v) is 7.80. The van der Waals surface area contributed by atoms with Gasteiger partial charge in [-0.25, -0.2) is 0 Å². The molecule has 0 aromatic rings. The summed E-state index contributed by atoms with van der Waals surface area (Å²) in [6.07, 6.45) is 0. The van der Waals surface area contributed by atoms with Crippen LogP contribution in [0.5, 0.6) is 0 Å². The molecule has 0 atom stereocenters. The van der Waals surface area contributed by atoms with Crippen LogP contribution in [-0.2, 0) is 0 Å². The Labute approximate surface area is 52.5 Å². The van der Waals surface area contributed by atoms with Crippen LogP contribution >= 0.6 is 0 Å². The lowest BCUT2D eigenvalue weighted by atomic mass is 10.1. The zero-order chi connectivity index (χ0) is 6.78. The molecule has 0 fully saturated rings. The molecule has 0 unspecified atom stereocenters. The maximum atomic E-state index is 10.3. The number of nitrogens with zero attached hydrogens (tertiary/aromatic N) is 2. The Bertz CT molecular complexity index is 101. The van der Waals surface area contributed by atoms with Crippen molar-refractivity contribution in [3.8, 4) is 0 Å². The van der Waals surface area contributed by atoms with Crippen LogP contribution < -0.4 is 0 Å². The van der Waals surface area contributed by atoms with Crippen molar-refractivity contribution in [2.75, 3.05) is 0 Å². The van der Waals surface area contributed by atoms with Gasteiger partial charge in [0.2, 0.25) is 0 Å². The summed E-state index contributed by atoms with van der Waals surface area (Å²) in [6.45, 7) is 5.70. The maximum Gasteiger partial charge on any atom is 0.354 e. The first kappa shape index (κ1) is 7.62. The fourth-order valence-corrected chi connectivity index (χ4v) is 1.02. The number of hydrogen-bond donors (Lipinski definition) is 0. The predicted molar refractivity (Wildman–Crippen MR) is 35.7 cm³/mol. The van der Waals surface area contributed by atoms with Crippen molar-refractivity contribution in [1.29, 1.82) is 0 Å². The lowest BCUT2D eigenvalue weighted by molar-refractivity contribution is -0.383. The Morgan fingerprint density at radius 1 is 1.50 bits per heavy atom. The zero-order valence-electron chi connectivity index (χ0n) is 5.80. The molecule has 3 nitrogen and oxygen atoms in total. The van der Waals surface area contributed by atoms with Crippen molar-refractivity contribution >= 4 is 10.4 Å². The molecule has 4 heteroatoms. The highest BCUT2D eigenvalue weighted by molar-refractivity contribution is 5.95. The molecule has 0 radical (unpaired) electrons. The molecular formula is C4H12N2OSi. The monoisotopic (exact) mass is 132 g/mol. The van der Waals surface area contributed by atoms with Crippen LogP contribution in [0.3, 0.4) is 0 Å². The molecule has 0 saturated carbocycles. The van der Waals surface area contributed by atoms with Crippen LogP contribution in [0, 0.1) is 5.21 Å². The summed E-state index contributed by atoms with van der Waals surface area (Å²) in [6, 6.07) is 0. The molecular weight excluding hydrogens is 120 g/mol. The van der Waals surface area contributed by atoms with Crippen LogP contribution in [0.25, 0.3) is 0 Å². The third-order valence-corrected chi connectivity index (χ3v) is 0.641. The van der Waals surface area contributed by atoms with Gasteiger partial charge < -0.3 is 5.21 Å². The minimum Gasteiger partial charge on any atom is -0.622 e. The molecule has 0 aromatic carbocycles. The second kappa shape index (κ2) is 2.26. The SMILES string of the molecule is CC(C)(C)N=[N+]([O-])[SiH3]. The lowest BCUT2D eigenvalue weighted by Gasteiger charge is -2.07. The molecule has 0 aromatic heterocycles. The molecule has 0 aliphatic carbocycles. The highest BCUT2D eigenvalue weighted by atomic mass is 28.2. The lowest BCUT2D eigenvalue weighted by Crippen LogP contribution is -2.13. The summed E-state index contributed by atoms with van der Waals surface area (Å²) in [7, 11) is 0.461. The Morgan fingerprint density at radius 3 is 1.88 bits per heavy atom. The van der Waals surface area contributed by atoms with Crippen molar-refractivity contribution in [2.24, 2.45) is 5.11 Å². The van der Waals surface area contributed by atoms with Gasteiger partial charge in [-0.3, -0.25) is 0 Å². The van der Waals surface area contributed by atoms with Gasteiger partial charge >= 0.3 is 10.4 Å². The molecule has 0 saturated heterocycles. The maximum absolute atomic E-state index is 10.3. The molecule has 0 N–H and O–H groups in total. The molecule has 0 bridgehead atoms. The summed E-state index contributed by atoms with van der Waals surface area (Å²) in [5.74, 6) is 0. The van der Waals surface area contributed by atoms with Crippen LogP contribution in [0.15, 0.2) is 5.11 Å². The number of hydrogen-bond acceptors (Lipinski definition) is 2. The normalized spacial score (nSPS) is 14.6. The second-order valence-corrected chi connectivity index (χ2v) is 3.50. The van der Waals surface area contributed by atoms with E-state index in [-0.39, 0.29) is 5.54 Å². The minimum absolute atomic E-state index is 0.205. The van der Waals surface area contributed by atoms with Gasteiger partial charge in [-0.1, -0.05) is 5.11 Å². The van der Waals surface area contributed by atoms with E-state index in [1.165, 1.54) is 0 Å². The summed E-state index contributed by atoms with van der Waals surface area (Å²) in [4.78, 5) is 0. The van der Waals surface area contributed by atoms with Gasteiger partial charge in [0, 0.05) is 0 Å². The molecule has 48 valence electrons. The van der Waals surface area contributed by atoms with Crippen LogP contribution in [-0.4, -0.2) is 20.5 Å². The fourth-order valence-electron chi connectivity index (χ4n) is 0.422. The van der Waals surface area contributed by atoms with E-state index in [9.17, 15) is 5.21 Å². The number of rotatable bonds is 0. The average Bonchev–Trinajstić information content (AvgIpc) is 1.21. The fraction of sp³-hybridized carbons (Fsp3) is 1.00. The Balaban J connectivity index is 3.89. The van der Waals surface area contributed by atoms with Crippen LogP contribution in [0.2, 0.25) is 0 Å². The molecule has 0 spiro atoms. The van der Waals surface area contributed by atoms with Gasteiger partial charge in [-0.2, -0.15) is 4.53 Å². The van der Waals surface area contributed by atoms with E-state index in [1.807, 2.05) is 20.8 Å². The minimum atomic E-state index is -0.205. The Kier molecular flexibility index (Phi) is 2.15. The summed E-state index contributed by atoms with van der Waals surface area (Å²) < 4.78 is 0.722. The molecule has 0 amide bonds. The van der Waals surface area contributed by atoms with E-state index in [4.69, 9.17) is 0 Å². The van der Waals surface area contributed by atoms with Crippen molar-refractivity contribution in [1.82, 2.24) is 0 Å². The Hall–Kier alpha value is -0.383. The molecule has 0 aliphatic heterocycles.